The molecule has 1 saturated heterocycles. The average molecular weight is 299 g/mol. The van der Waals surface area contributed by atoms with E-state index < -0.39 is 24.0 Å². The van der Waals surface area contributed by atoms with Crippen molar-refractivity contribution in [2.75, 3.05) is 13.2 Å². The Balaban J connectivity index is 2.17. The fourth-order valence-corrected chi connectivity index (χ4v) is 3.33. The predicted octanol–water partition coefficient (Wildman–Crippen LogP) is 1.73. The summed E-state index contributed by atoms with van der Waals surface area (Å²) in [6.07, 6.45) is 0.956. The average Bonchev–Trinajstić information content (AvgIpc) is 2.99. The topological polar surface area (TPSA) is 77.8 Å². The molecule has 0 aliphatic carbocycles. The lowest BCUT2D eigenvalue weighted by molar-refractivity contribution is -0.158. The van der Waals surface area contributed by atoms with Crippen LogP contribution in [0.2, 0.25) is 0 Å². The van der Waals surface area contributed by atoms with Gasteiger partial charge in [-0.1, -0.05) is 36.4 Å². The molecule has 5 heteroatoms. The molecule has 1 atom stereocenters. The van der Waals surface area contributed by atoms with E-state index in [4.69, 9.17) is 5.11 Å². The lowest BCUT2D eigenvalue weighted by atomic mass is 9.86. The van der Waals surface area contributed by atoms with Crippen molar-refractivity contribution in [3.8, 4) is 0 Å². The Hall–Kier alpha value is -2.40. The van der Waals surface area contributed by atoms with Crippen molar-refractivity contribution in [3.05, 3.63) is 48.0 Å². The molecule has 2 aromatic rings. The summed E-state index contributed by atoms with van der Waals surface area (Å²) < 4.78 is 0. The second-order valence-electron chi connectivity index (χ2n) is 5.53. The van der Waals surface area contributed by atoms with Crippen LogP contribution in [0.25, 0.3) is 10.8 Å². The molecule has 0 unspecified atom stereocenters. The molecule has 5 nitrogen and oxygen atoms in total. The number of carbonyl (C=O) groups is 2. The van der Waals surface area contributed by atoms with Gasteiger partial charge in [0.25, 0.3) is 0 Å². The van der Waals surface area contributed by atoms with Gasteiger partial charge in [-0.25, -0.2) is 4.79 Å². The summed E-state index contributed by atoms with van der Waals surface area (Å²) in [5.74, 6) is -1.60. The Morgan fingerprint density at radius 3 is 2.55 bits per heavy atom. The third-order valence-corrected chi connectivity index (χ3v) is 4.40. The van der Waals surface area contributed by atoms with Gasteiger partial charge in [-0.15, -0.1) is 0 Å². The minimum atomic E-state index is -1.39. The van der Waals surface area contributed by atoms with Crippen LogP contribution in [-0.2, 0) is 15.1 Å². The molecule has 3 rings (SSSR count). The van der Waals surface area contributed by atoms with Crippen molar-refractivity contribution in [3.63, 3.8) is 0 Å². The van der Waals surface area contributed by atoms with Crippen LogP contribution in [0.5, 0.6) is 0 Å². The summed E-state index contributed by atoms with van der Waals surface area (Å²) >= 11 is 0. The van der Waals surface area contributed by atoms with E-state index in [0.29, 0.717) is 24.9 Å². The summed E-state index contributed by atoms with van der Waals surface area (Å²) in [6, 6.07) is 13.2. The number of carboxylic acid groups (broad SMARTS) is 1. The Kier molecular flexibility index (Phi) is 3.58. The molecule has 0 bridgehead atoms. The number of hydrogen-bond acceptors (Lipinski definition) is 3. The van der Waals surface area contributed by atoms with Crippen LogP contribution in [0.4, 0.5) is 0 Å². The number of benzene rings is 2. The molecule has 1 amide bonds. The Bertz CT molecular complexity index is 742. The van der Waals surface area contributed by atoms with Crippen molar-refractivity contribution in [2.24, 2.45) is 0 Å². The molecule has 0 saturated carbocycles. The second-order valence-corrected chi connectivity index (χ2v) is 5.53. The van der Waals surface area contributed by atoms with Gasteiger partial charge in [0, 0.05) is 6.54 Å². The van der Waals surface area contributed by atoms with Gasteiger partial charge in [-0.2, -0.15) is 0 Å². The highest BCUT2D eigenvalue weighted by Gasteiger charge is 2.51. The van der Waals surface area contributed by atoms with E-state index in [1.807, 2.05) is 36.4 Å². The largest absolute Gasteiger partial charge is 0.479 e. The first kappa shape index (κ1) is 14.5. The van der Waals surface area contributed by atoms with Crippen LogP contribution in [0.15, 0.2) is 42.5 Å². The first-order valence-electron chi connectivity index (χ1n) is 7.23. The zero-order valence-corrected chi connectivity index (χ0v) is 12.0. The lowest BCUT2D eigenvalue weighted by Gasteiger charge is -2.35. The molecule has 2 N–H and O–H groups in total. The van der Waals surface area contributed by atoms with Crippen LogP contribution in [-0.4, -0.2) is 40.1 Å². The van der Waals surface area contributed by atoms with E-state index >= 15 is 0 Å². The van der Waals surface area contributed by atoms with Crippen LogP contribution in [0.1, 0.15) is 18.4 Å². The monoisotopic (exact) mass is 299 g/mol. The molecular weight excluding hydrogens is 282 g/mol. The van der Waals surface area contributed by atoms with Crippen molar-refractivity contribution >= 4 is 22.6 Å². The summed E-state index contributed by atoms with van der Waals surface area (Å²) in [5, 5.41) is 20.9. The molecule has 0 aromatic heterocycles. The number of aliphatic carboxylic acids is 1. The van der Waals surface area contributed by atoms with Crippen molar-refractivity contribution < 1.29 is 19.8 Å². The highest BCUT2D eigenvalue weighted by molar-refractivity contribution is 5.91. The van der Waals surface area contributed by atoms with E-state index in [9.17, 15) is 14.7 Å². The van der Waals surface area contributed by atoms with Gasteiger partial charge >= 0.3 is 5.97 Å². The fourth-order valence-electron chi connectivity index (χ4n) is 3.33. The highest BCUT2D eigenvalue weighted by atomic mass is 16.4. The number of amides is 1. The maximum absolute atomic E-state index is 12.0. The Labute approximate surface area is 127 Å². The minimum Gasteiger partial charge on any atom is -0.479 e. The Morgan fingerprint density at radius 2 is 1.86 bits per heavy atom. The first-order valence-corrected chi connectivity index (χ1v) is 7.23. The first-order chi connectivity index (χ1) is 10.6. The van der Waals surface area contributed by atoms with Gasteiger partial charge in [0.15, 0.2) is 5.54 Å². The predicted molar refractivity (Wildman–Crippen MR) is 81.3 cm³/mol. The number of rotatable bonds is 3. The van der Waals surface area contributed by atoms with Crippen LogP contribution in [0.3, 0.4) is 0 Å². The maximum atomic E-state index is 12.0. The van der Waals surface area contributed by atoms with E-state index in [0.717, 1.165) is 10.8 Å². The summed E-state index contributed by atoms with van der Waals surface area (Å²) in [4.78, 5) is 25.3. The van der Waals surface area contributed by atoms with Crippen LogP contribution in [0, 0.1) is 0 Å². The van der Waals surface area contributed by atoms with E-state index in [1.165, 1.54) is 4.90 Å². The summed E-state index contributed by atoms with van der Waals surface area (Å²) in [7, 11) is 0. The lowest BCUT2D eigenvalue weighted by Crippen LogP contribution is -2.51. The van der Waals surface area contributed by atoms with E-state index in [1.54, 1.807) is 6.07 Å². The third kappa shape index (κ3) is 2.05. The van der Waals surface area contributed by atoms with E-state index in [2.05, 4.69) is 0 Å². The number of likely N-dealkylation sites (tertiary alicyclic amines) is 1. The summed E-state index contributed by atoms with van der Waals surface area (Å²) in [5.41, 5.74) is -0.804. The van der Waals surface area contributed by atoms with Gasteiger partial charge in [0.05, 0.1) is 0 Å². The second kappa shape index (κ2) is 5.42. The molecular formula is C17H17NO4. The SMILES string of the molecule is O=C(CO)N1CCC[C@]1(C(=O)O)c1ccc2ccccc2c1. The fraction of sp³-hybridized carbons (Fsp3) is 0.294. The zero-order valence-electron chi connectivity index (χ0n) is 12.0. The van der Waals surface area contributed by atoms with Gasteiger partial charge in [-0.05, 0) is 35.2 Å². The molecule has 2 aromatic carbocycles. The number of aliphatic hydroxyl groups is 1. The standard InChI is InChI=1S/C17H17NO4/c19-11-15(20)18-9-3-8-17(18,16(21)22)14-7-6-12-4-1-2-5-13(12)10-14/h1-2,4-7,10,19H,3,8-9,11H2,(H,21,22)/t17-/m1/s1. The molecule has 1 aliphatic rings. The number of aliphatic hydroxyl groups excluding tert-OH is 1. The van der Waals surface area contributed by atoms with Crippen molar-refractivity contribution in [1.82, 2.24) is 4.90 Å². The smallest absolute Gasteiger partial charge is 0.334 e. The zero-order chi connectivity index (χ0) is 15.7. The molecule has 1 fully saturated rings. The van der Waals surface area contributed by atoms with E-state index in [-0.39, 0.29) is 0 Å². The summed E-state index contributed by atoms with van der Waals surface area (Å²) in [6.45, 7) is -0.332. The quantitative estimate of drug-likeness (QED) is 0.905. The van der Waals surface area contributed by atoms with Gasteiger partial charge < -0.3 is 15.1 Å². The molecule has 114 valence electrons. The van der Waals surface area contributed by atoms with Gasteiger partial charge in [-0.3, -0.25) is 4.79 Å². The number of hydrogen-bond donors (Lipinski definition) is 2. The maximum Gasteiger partial charge on any atom is 0.334 e. The number of carboxylic acids is 1. The molecule has 0 spiro atoms. The number of nitrogens with zero attached hydrogens (tertiary/aromatic N) is 1. The third-order valence-electron chi connectivity index (χ3n) is 4.40. The van der Waals surface area contributed by atoms with Gasteiger partial charge in [0.2, 0.25) is 5.91 Å². The Morgan fingerprint density at radius 1 is 1.14 bits per heavy atom. The number of fused-ring (bicyclic) bond motifs is 1. The molecule has 22 heavy (non-hydrogen) atoms. The van der Waals surface area contributed by atoms with Crippen LogP contribution < -0.4 is 0 Å². The molecule has 0 radical (unpaired) electrons. The van der Waals surface area contributed by atoms with Crippen LogP contribution >= 0.6 is 0 Å². The van der Waals surface area contributed by atoms with Gasteiger partial charge in [0.1, 0.15) is 6.61 Å². The number of carbonyl (C=O) groups excluding carboxylic acids is 1. The molecule has 1 heterocycles. The van der Waals surface area contributed by atoms with Crippen molar-refractivity contribution in [2.45, 2.75) is 18.4 Å². The van der Waals surface area contributed by atoms with Crippen molar-refractivity contribution in [1.29, 1.82) is 0 Å². The normalized spacial score (nSPS) is 21.2. The highest BCUT2D eigenvalue weighted by Crippen LogP contribution is 2.40. The minimum absolute atomic E-state index is 0.346. The molecule has 1 aliphatic heterocycles.